The maximum Gasteiger partial charge on any atom is 0.287 e. The van der Waals surface area contributed by atoms with Gasteiger partial charge in [-0.15, -0.1) is 0 Å². The molecule has 2 heterocycles. The largest absolute Gasteiger partial charge is 0.443 e. The predicted octanol–water partition coefficient (Wildman–Crippen LogP) is 4.55. The molecule has 0 atom stereocenters. The van der Waals surface area contributed by atoms with E-state index in [9.17, 15) is 14.7 Å². The highest BCUT2D eigenvalue weighted by Crippen LogP contribution is 2.29. The Hall–Kier alpha value is -4.61. The standard InChI is InChI=1S/C28H25N3O5/c1-18-23(17-29-26(33)24-14-13-20(36-24)15-16-28(2,3)34)31-27(35-18)21-11-7-8-12-22(21)30-25(32)19-9-5-4-6-10-19/h4-14,34H,17H2,1-3H3,(H,29,33)(H,30,32). The van der Waals surface area contributed by atoms with Gasteiger partial charge in [-0.05, 0) is 63.1 Å². The molecule has 8 nitrogen and oxygen atoms in total. The van der Waals surface area contributed by atoms with Crippen LogP contribution in [0.25, 0.3) is 11.5 Å². The quantitative estimate of drug-likeness (QED) is 0.347. The lowest BCUT2D eigenvalue weighted by molar-refractivity contribution is 0.0921. The molecule has 2 aromatic carbocycles. The maximum atomic E-state index is 12.6. The van der Waals surface area contributed by atoms with E-state index in [1.165, 1.54) is 6.07 Å². The van der Waals surface area contributed by atoms with Crippen molar-refractivity contribution >= 4 is 17.5 Å². The van der Waals surface area contributed by atoms with Gasteiger partial charge in [0.25, 0.3) is 11.8 Å². The van der Waals surface area contributed by atoms with Crippen LogP contribution >= 0.6 is 0 Å². The van der Waals surface area contributed by atoms with Crippen molar-refractivity contribution < 1.29 is 23.5 Å². The van der Waals surface area contributed by atoms with Crippen LogP contribution in [0.15, 0.2) is 75.6 Å². The van der Waals surface area contributed by atoms with Crippen LogP contribution in [-0.4, -0.2) is 27.5 Å². The zero-order valence-corrected chi connectivity index (χ0v) is 20.1. The van der Waals surface area contributed by atoms with Gasteiger partial charge in [0, 0.05) is 5.56 Å². The minimum absolute atomic E-state index is 0.0883. The number of oxazole rings is 1. The molecule has 4 rings (SSSR count). The number of aliphatic hydroxyl groups is 1. The van der Waals surface area contributed by atoms with Crippen molar-refractivity contribution in [2.75, 3.05) is 5.32 Å². The first-order valence-corrected chi connectivity index (χ1v) is 11.3. The molecule has 0 saturated carbocycles. The van der Waals surface area contributed by atoms with Crippen LogP contribution in [0, 0.1) is 18.8 Å². The highest BCUT2D eigenvalue weighted by atomic mass is 16.4. The molecule has 2 aromatic heterocycles. The third-order valence-electron chi connectivity index (χ3n) is 5.07. The van der Waals surface area contributed by atoms with E-state index in [4.69, 9.17) is 8.83 Å². The van der Waals surface area contributed by atoms with Gasteiger partial charge in [0.15, 0.2) is 11.5 Å². The minimum atomic E-state index is -1.17. The van der Waals surface area contributed by atoms with E-state index in [0.29, 0.717) is 34.2 Å². The number of rotatable bonds is 6. The van der Waals surface area contributed by atoms with Crippen molar-refractivity contribution in [3.05, 3.63) is 95.3 Å². The summed E-state index contributed by atoms with van der Waals surface area (Å²) in [5, 5.41) is 15.3. The third kappa shape index (κ3) is 6.09. The van der Waals surface area contributed by atoms with Crippen LogP contribution < -0.4 is 10.6 Å². The van der Waals surface area contributed by atoms with Gasteiger partial charge < -0.3 is 24.6 Å². The maximum absolute atomic E-state index is 12.6. The Kier molecular flexibility index (Phi) is 7.04. The van der Waals surface area contributed by atoms with Crippen molar-refractivity contribution in [3.8, 4) is 23.3 Å². The molecule has 0 fully saturated rings. The number of para-hydroxylation sites is 1. The number of aromatic nitrogens is 1. The first-order chi connectivity index (χ1) is 17.2. The Labute approximate surface area is 208 Å². The summed E-state index contributed by atoms with van der Waals surface area (Å²) in [4.78, 5) is 29.7. The summed E-state index contributed by atoms with van der Waals surface area (Å²) in [6, 6.07) is 19.2. The number of hydrogen-bond donors (Lipinski definition) is 3. The molecule has 0 spiro atoms. The average Bonchev–Trinajstić information content (AvgIpc) is 3.48. The Bertz CT molecular complexity index is 1450. The summed E-state index contributed by atoms with van der Waals surface area (Å²) in [6.07, 6.45) is 0. The van der Waals surface area contributed by atoms with Gasteiger partial charge >= 0.3 is 0 Å². The fraction of sp³-hybridized carbons (Fsp3) is 0.179. The fourth-order valence-electron chi connectivity index (χ4n) is 3.26. The minimum Gasteiger partial charge on any atom is -0.443 e. The van der Waals surface area contributed by atoms with Crippen LogP contribution in [0.4, 0.5) is 5.69 Å². The predicted molar refractivity (Wildman–Crippen MR) is 134 cm³/mol. The van der Waals surface area contributed by atoms with Crippen molar-refractivity contribution in [1.82, 2.24) is 10.3 Å². The van der Waals surface area contributed by atoms with E-state index in [-0.39, 0.29) is 24.0 Å². The monoisotopic (exact) mass is 483 g/mol. The second-order valence-corrected chi connectivity index (χ2v) is 8.54. The molecule has 0 aliphatic rings. The van der Waals surface area contributed by atoms with Crippen LogP contribution in [0.5, 0.6) is 0 Å². The van der Waals surface area contributed by atoms with Crippen molar-refractivity contribution in [2.45, 2.75) is 32.9 Å². The molecule has 0 aliphatic heterocycles. The van der Waals surface area contributed by atoms with Gasteiger partial charge in [-0.1, -0.05) is 36.3 Å². The molecule has 8 heteroatoms. The number of benzene rings is 2. The molecule has 2 amide bonds. The Morgan fingerprint density at radius 3 is 2.44 bits per heavy atom. The fourth-order valence-corrected chi connectivity index (χ4v) is 3.26. The first-order valence-electron chi connectivity index (χ1n) is 11.3. The Morgan fingerprint density at radius 1 is 0.972 bits per heavy atom. The van der Waals surface area contributed by atoms with Gasteiger partial charge in [-0.2, -0.15) is 0 Å². The first kappa shape index (κ1) is 24.5. The lowest BCUT2D eigenvalue weighted by Crippen LogP contribution is -2.22. The second-order valence-electron chi connectivity index (χ2n) is 8.54. The summed E-state index contributed by atoms with van der Waals surface area (Å²) in [5.41, 5.74) is 1.07. The van der Waals surface area contributed by atoms with Gasteiger partial charge in [-0.3, -0.25) is 9.59 Å². The van der Waals surface area contributed by atoms with E-state index in [1.54, 1.807) is 63.2 Å². The van der Waals surface area contributed by atoms with E-state index in [2.05, 4.69) is 27.5 Å². The van der Waals surface area contributed by atoms with Crippen molar-refractivity contribution in [2.24, 2.45) is 0 Å². The Morgan fingerprint density at radius 2 is 1.69 bits per heavy atom. The SMILES string of the molecule is Cc1oc(-c2ccccc2NC(=O)c2ccccc2)nc1CNC(=O)c1ccc(C#CC(C)(C)O)o1. The van der Waals surface area contributed by atoms with Crippen LogP contribution in [0.3, 0.4) is 0 Å². The molecule has 0 radical (unpaired) electrons. The topological polar surface area (TPSA) is 118 Å². The number of amides is 2. The summed E-state index contributed by atoms with van der Waals surface area (Å²) < 4.78 is 11.3. The van der Waals surface area contributed by atoms with Crippen molar-refractivity contribution in [1.29, 1.82) is 0 Å². The molecule has 0 aliphatic carbocycles. The van der Waals surface area contributed by atoms with Gasteiger partial charge in [-0.25, -0.2) is 4.98 Å². The zero-order chi connectivity index (χ0) is 25.7. The molecular weight excluding hydrogens is 458 g/mol. The summed E-state index contributed by atoms with van der Waals surface area (Å²) in [7, 11) is 0. The lowest BCUT2D eigenvalue weighted by Gasteiger charge is -2.08. The van der Waals surface area contributed by atoms with Crippen LogP contribution in [0.2, 0.25) is 0 Å². The van der Waals surface area contributed by atoms with Gasteiger partial charge in [0.1, 0.15) is 17.1 Å². The summed E-state index contributed by atoms with van der Waals surface area (Å²) in [5.74, 6) is 5.85. The Balaban J connectivity index is 1.46. The number of aryl methyl sites for hydroxylation is 1. The van der Waals surface area contributed by atoms with Crippen LogP contribution in [0.1, 0.15) is 52.0 Å². The molecular formula is C28H25N3O5. The molecule has 0 saturated heterocycles. The van der Waals surface area contributed by atoms with Crippen molar-refractivity contribution in [3.63, 3.8) is 0 Å². The van der Waals surface area contributed by atoms with E-state index in [0.717, 1.165) is 0 Å². The van der Waals surface area contributed by atoms with Gasteiger partial charge in [0.05, 0.1) is 17.8 Å². The normalized spacial score (nSPS) is 10.9. The summed E-state index contributed by atoms with van der Waals surface area (Å²) in [6.45, 7) is 4.97. The summed E-state index contributed by atoms with van der Waals surface area (Å²) >= 11 is 0. The van der Waals surface area contributed by atoms with E-state index < -0.39 is 11.5 Å². The average molecular weight is 484 g/mol. The number of anilines is 1. The number of nitrogens with one attached hydrogen (secondary N) is 2. The van der Waals surface area contributed by atoms with Crippen LogP contribution in [-0.2, 0) is 6.54 Å². The zero-order valence-electron chi connectivity index (χ0n) is 20.1. The molecule has 182 valence electrons. The van der Waals surface area contributed by atoms with E-state index in [1.807, 2.05) is 18.2 Å². The number of nitrogens with zero attached hydrogens (tertiary/aromatic N) is 1. The molecule has 0 unspecified atom stereocenters. The number of carbonyl (C=O) groups excluding carboxylic acids is 2. The highest BCUT2D eigenvalue weighted by Gasteiger charge is 2.18. The lowest BCUT2D eigenvalue weighted by atomic mass is 10.1. The molecule has 4 aromatic rings. The second kappa shape index (κ2) is 10.3. The molecule has 36 heavy (non-hydrogen) atoms. The molecule has 3 N–H and O–H groups in total. The third-order valence-corrected chi connectivity index (χ3v) is 5.07. The number of furan rings is 1. The van der Waals surface area contributed by atoms with Gasteiger partial charge in [0.2, 0.25) is 5.89 Å². The number of hydrogen-bond acceptors (Lipinski definition) is 6. The highest BCUT2D eigenvalue weighted by molar-refractivity contribution is 6.06. The van der Waals surface area contributed by atoms with E-state index >= 15 is 0 Å². The number of carbonyl (C=O) groups is 2. The smallest absolute Gasteiger partial charge is 0.287 e. The molecule has 0 bridgehead atoms.